The van der Waals surface area contributed by atoms with Gasteiger partial charge in [-0.05, 0) is 35.0 Å². The van der Waals surface area contributed by atoms with E-state index in [4.69, 9.17) is 0 Å². The smallest absolute Gasteiger partial charge is 0.270 e. The highest BCUT2D eigenvalue weighted by molar-refractivity contribution is 9.10. The van der Waals surface area contributed by atoms with E-state index in [9.17, 15) is 8.78 Å². The number of benzene rings is 1. The van der Waals surface area contributed by atoms with Crippen molar-refractivity contribution in [2.45, 2.75) is 19.8 Å². The quantitative estimate of drug-likeness (QED) is 0.795. The number of hydrogen-bond acceptors (Lipinski definition) is 0. The number of fused-ring (bicyclic) bond motifs is 1. The molecular weight excluding hydrogens is 264 g/mol. The molecule has 0 fully saturated rings. The van der Waals surface area contributed by atoms with Crippen molar-refractivity contribution in [3.63, 3.8) is 0 Å². The van der Waals surface area contributed by atoms with Crippen LogP contribution in [0.4, 0.5) is 8.78 Å². The number of aryl methyl sites for hydroxylation is 1. The number of halogens is 3. The number of aromatic nitrogens is 1. The van der Waals surface area contributed by atoms with E-state index in [1.165, 1.54) is 12.1 Å². The lowest BCUT2D eigenvalue weighted by molar-refractivity contribution is 0.0176. The van der Waals surface area contributed by atoms with E-state index < -0.39 is 5.92 Å². The summed E-state index contributed by atoms with van der Waals surface area (Å²) in [4.78, 5) is 3.11. The van der Waals surface area contributed by atoms with Gasteiger partial charge >= 0.3 is 0 Å². The van der Waals surface area contributed by atoms with E-state index in [1.807, 2.05) is 6.92 Å². The van der Waals surface area contributed by atoms with Gasteiger partial charge in [-0.15, -0.1) is 0 Å². The molecule has 0 spiro atoms. The minimum Gasteiger partial charge on any atom is -0.358 e. The van der Waals surface area contributed by atoms with Crippen molar-refractivity contribution in [2.24, 2.45) is 0 Å². The summed E-state index contributed by atoms with van der Waals surface area (Å²) >= 11 is 3.38. The van der Waals surface area contributed by atoms with Crippen LogP contribution < -0.4 is 0 Å². The fourth-order valence-corrected chi connectivity index (χ4v) is 1.99. The Kier molecular flexibility index (Phi) is 2.34. The molecule has 1 aromatic heterocycles. The minimum absolute atomic E-state index is 0.0368. The third-order valence-corrected chi connectivity index (χ3v) is 3.44. The number of nitrogens with one attached hydrogen (secondary N) is 1. The van der Waals surface area contributed by atoms with Crippen LogP contribution in [0.25, 0.3) is 10.9 Å². The lowest BCUT2D eigenvalue weighted by atomic mass is 10.1. The molecule has 1 nitrogen and oxygen atoms in total. The van der Waals surface area contributed by atoms with Crippen molar-refractivity contribution < 1.29 is 8.78 Å². The molecule has 1 heterocycles. The van der Waals surface area contributed by atoms with Gasteiger partial charge in [0.25, 0.3) is 5.92 Å². The maximum Gasteiger partial charge on any atom is 0.270 e. The van der Waals surface area contributed by atoms with Gasteiger partial charge in [-0.25, -0.2) is 8.78 Å². The second-order valence-electron chi connectivity index (χ2n) is 3.71. The van der Waals surface area contributed by atoms with E-state index in [2.05, 4.69) is 20.9 Å². The Morgan fingerprint density at radius 3 is 2.60 bits per heavy atom. The standard InChI is InChI=1S/C11H10BrF2N/c1-6-10(12)8-5-7(11(2,13)14)3-4-9(8)15-6/h3-5,15H,1-2H3. The van der Waals surface area contributed by atoms with Gasteiger partial charge in [0.2, 0.25) is 0 Å². The zero-order chi connectivity index (χ0) is 11.2. The van der Waals surface area contributed by atoms with E-state index in [1.54, 1.807) is 6.07 Å². The summed E-state index contributed by atoms with van der Waals surface area (Å²) in [7, 11) is 0. The van der Waals surface area contributed by atoms with Crippen LogP contribution in [0.15, 0.2) is 22.7 Å². The Bertz CT molecular complexity index is 511. The molecule has 15 heavy (non-hydrogen) atoms. The van der Waals surface area contributed by atoms with Crippen LogP contribution in [0.5, 0.6) is 0 Å². The average molecular weight is 274 g/mol. The first kappa shape index (κ1) is 10.6. The van der Waals surface area contributed by atoms with Gasteiger partial charge in [-0.1, -0.05) is 6.07 Å². The highest BCUT2D eigenvalue weighted by Gasteiger charge is 2.24. The van der Waals surface area contributed by atoms with Crippen molar-refractivity contribution in [3.8, 4) is 0 Å². The summed E-state index contributed by atoms with van der Waals surface area (Å²) in [6.45, 7) is 2.80. The molecule has 4 heteroatoms. The first-order valence-electron chi connectivity index (χ1n) is 4.55. The predicted octanol–water partition coefficient (Wildman–Crippen LogP) is 4.35. The predicted molar refractivity (Wildman–Crippen MR) is 60.3 cm³/mol. The molecule has 0 radical (unpaired) electrons. The number of aromatic amines is 1. The highest BCUT2D eigenvalue weighted by Crippen LogP contribution is 2.33. The molecule has 1 aromatic carbocycles. The summed E-state index contributed by atoms with van der Waals surface area (Å²) in [5.74, 6) is -2.79. The summed E-state index contributed by atoms with van der Waals surface area (Å²) < 4.78 is 27.0. The van der Waals surface area contributed by atoms with Gasteiger partial charge in [-0.2, -0.15) is 0 Å². The molecule has 0 aliphatic heterocycles. The van der Waals surface area contributed by atoms with Crippen LogP contribution >= 0.6 is 15.9 Å². The number of hydrogen-bond donors (Lipinski definition) is 1. The summed E-state index contributed by atoms with van der Waals surface area (Å²) in [6, 6.07) is 4.65. The van der Waals surface area contributed by atoms with E-state index in [0.29, 0.717) is 0 Å². The molecular formula is C11H10BrF2N. The van der Waals surface area contributed by atoms with Gasteiger partial charge in [0.1, 0.15) is 0 Å². The lowest BCUT2D eigenvalue weighted by Gasteiger charge is -2.10. The highest BCUT2D eigenvalue weighted by atomic mass is 79.9. The van der Waals surface area contributed by atoms with E-state index in [0.717, 1.165) is 28.0 Å². The summed E-state index contributed by atoms with van der Waals surface area (Å²) in [6.07, 6.45) is 0. The van der Waals surface area contributed by atoms with Crippen molar-refractivity contribution in [3.05, 3.63) is 33.9 Å². The van der Waals surface area contributed by atoms with Crippen LogP contribution in [0, 0.1) is 6.92 Å². The number of H-pyrrole nitrogens is 1. The lowest BCUT2D eigenvalue weighted by Crippen LogP contribution is -2.06. The SMILES string of the molecule is Cc1[nH]c2ccc(C(C)(F)F)cc2c1Br. The Morgan fingerprint density at radius 1 is 1.33 bits per heavy atom. The monoisotopic (exact) mass is 273 g/mol. The molecule has 0 saturated carbocycles. The summed E-state index contributed by atoms with van der Waals surface area (Å²) in [5, 5.41) is 0.798. The van der Waals surface area contributed by atoms with Gasteiger partial charge in [0.05, 0.1) is 0 Å². The fraction of sp³-hybridized carbons (Fsp3) is 0.273. The van der Waals surface area contributed by atoms with E-state index in [-0.39, 0.29) is 5.56 Å². The summed E-state index contributed by atoms with van der Waals surface area (Å²) in [5.41, 5.74) is 1.85. The van der Waals surface area contributed by atoms with Crippen molar-refractivity contribution in [1.82, 2.24) is 4.98 Å². The van der Waals surface area contributed by atoms with E-state index >= 15 is 0 Å². The fourth-order valence-electron chi connectivity index (χ4n) is 1.57. The zero-order valence-electron chi connectivity index (χ0n) is 8.37. The Hall–Kier alpha value is -0.900. The molecule has 2 rings (SSSR count). The van der Waals surface area contributed by atoms with Crippen LogP contribution in [-0.2, 0) is 5.92 Å². The third kappa shape index (κ3) is 1.78. The molecule has 2 aromatic rings. The van der Waals surface area contributed by atoms with Gasteiger partial charge in [0.15, 0.2) is 0 Å². The molecule has 80 valence electrons. The van der Waals surface area contributed by atoms with Gasteiger partial charge in [0, 0.05) is 33.6 Å². The van der Waals surface area contributed by atoms with Crippen LogP contribution in [-0.4, -0.2) is 4.98 Å². The molecule has 0 atom stereocenters. The number of alkyl halides is 2. The maximum absolute atomic E-state index is 13.1. The molecule has 0 aliphatic rings. The van der Waals surface area contributed by atoms with Gasteiger partial charge < -0.3 is 4.98 Å². The van der Waals surface area contributed by atoms with Crippen molar-refractivity contribution >= 4 is 26.8 Å². The second kappa shape index (κ2) is 3.30. The Morgan fingerprint density at radius 2 is 2.00 bits per heavy atom. The molecule has 0 bridgehead atoms. The molecule has 0 aliphatic carbocycles. The molecule has 1 N–H and O–H groups in total. The zero-order valence-corrected chi connectivity index (χ0v) is 9.95. The number of rotatable bonds is 1. The third-order valence-electron chi connectivity index (χ3n) is 2.41. The second-order valence-corrected chi connectivity index (χ2v) is 4.51. The van der Waals surface area contributed by atoms with Crippen molar-refractivity contribution in [2.75, 3.05) is 0 Å². The molecule has 0 unspecified atom stereocenters. The van der Waals surface area contributed by atoms with Gasteiger partial charge in [-0.3, -0.25) is 0 Å². The molecule has 0 amide bonds. The van der Waals surface area contributed by atoms with Crippen LogP contribution in [0.2, 0.25) is 0 Å². The maximum atomic E-state index is 13.1. The van der Waals surface area contributed by atoms with Crippen LogP contribution in [0.1, 0.15) is 18.2 Å². The minimum atomic E-state index is -2.79. The Labute approximate surface area is 94.6 Å². The normalized spacial score (nSPS) is 12.3. The van der Waals surface area contributed by atoms with Crippen LogP contribution in [0.3, 0.4) is 0 Å². The molecule has 0 saturated heterocycles. The largest absolute Gasteiger partial charge is 0.358 e. The average Bonchev–Trinajstić information content (AvgIpc) is 2.41. The first-order chi connectivity index (χ1) is 6.89. The first-order valence-corrected chi connectivity index (χ1v) is 5.35. The topological polar surface area (TPSA) is 15.8 Å². The van der Waals surface area contributed by atoms with Crippen molar-refractivity contribution in [1.29, 1.82) is 0 Å². The Balaban J connectivity index is 2.70.